The third-order valence-electron chi connectivity index (χ3n) is 3.44. The summed E-state index contributed by atoms with van der Waals surface area (Å²) in [4.78, 5) is 2.43. The van der Waals surface area contributed by atoms with Crippen molar-refractivity contribution in [3.63, 3.8) is 0 Å². The molecule has 0 radical (unpaired) electrons. The standard InChI is InChI=1S/C17H23NO3/c1-20-12-9-18(16-7-8-16)10-13-21-17-6-2-4-15(14-17)5-3-11-19/h2,4,6,14,16,19H,7-13H2,1H3. The lowest BCUT2D eigenvalue weighted by molar-refractivity contribution is 0.130. The molecule has 0 heterocycles. The molecule has 1 aliphatic carbocycles. The Hall–Kier alpha value is -1.54. The van der Waals surface area contributed by atoms with Crippen molar-refractivity contribution >= 4 is 0 Å². The molecule has 0 spiro atoms. The van der Waals surface area contributed by atoms with E-state index in [9.17, 15) is 0 Å². The lowest BCUT2D eigenvalue weighted by Crippen LogP contribution is -2.33. The summed E-state index contributed by atoms with van der Waals surface area (Å²) in [5.74, 6) is 6.34. The fourth-order valence-electron chi connectivity index (χ4n) is 2.21. The molecule has 114 valence electrons. The lowest BCUT2D eigenvalue weighted by atomic mass is 10.2. The Morgan fingerprint density at radius 2 is 2.10 bits per heavy atom. The van der Waals surface area contributed by atoms with Gasteiger partial charge in [-0.05, 0) is 31.0 Å². The van der Waals surface area contributed by atoms with Gasteiger partial charge in [0.15, 0.2) is 0 Å². The molecule has 0 amide bonds. The van der Waals surface area contributed by atoms with Crippen LogP contribution in [0.4, 0.5) is 0 Å². The predicted molar refractivity (Wildman–Crippen MR) is 82.4 cm³/mol. The van der Waals surface area contributed by atoms with E-state index in [0.29, 0.717) is 12.6 Å². The van der Waals surface area contributed by atoms with Gasteiger partial charge in [-0.1, -0.05) is 17.9 Å². The van der Waals surface area contributed by atoms with E-state index in [0.717, 1.165) is 31.0 Å². The fraction of sp³-hybridized carbons (Fsp3) is 0.529. The molecule has 0 unspecified atom stereocenters. The Morgan fingerprint density at radius 3 is 2.81 bits per heavy atom. The Morgan fingerprint density at radius 1 is 1.29 bits per heavy atom. The summed E-state index contributed by atoms with van der Waals surface area (Å²) in [7, 11) is 1.74. The monoisotopic (exact) mass is 289 g/mol. The highest BCUT2D eigenvalue weighted by molar-refractivity contribution is 5.39. The molecular formula is C17H23NO3. The third-order valence-corrected chi connectivity index (χ3v) is 3.44. The molecule has 0 atom stereocenters. The summed E-state index contributed by atoms with van der Waals surface area (Å²) in [6.07, 6.45) is 2.58. The number of nitrogens with zero attached hydrogens (tertiary/aromatic N) is 1. The molecule has 0 bridgehead atoms. The first-order valence-corrected chi connectivity index (χ1v) is 7.39. The third kappa shape index (κ3) is 5.76. The van der Waals surface area contributed by atoms with Crippen molar-refractivity contribution in [1.82, 2.24) is 4.90 Å². The Balaban J connectivity index is 1.79. The number of methoxy groups -OCH3 is 1. The summed E-state index contributed by atoms with van der Waals surface area (Å²) in [5, 5.41) is 8.71. The smallest absolute Gasteiger partial charge is 0.120 e. The quantitative estimate of drug-likeness (QED) is 0.737. The van der Waals surface area contributed by atoms with E-state index in [4.69, 9.17) is 14.6 Å². The van der Waals surface area contributed by atoms with Crippen LogP contribution in [0.5, 0.6) is 5.75 Å². The zero-order valence-electron chi connectivity index (χ0n) is 12.5. The second-order valence-electron chi connectivity index (χ2n) is 5.10. The van der Waals surface area contributed by atoms with Crippen LogP contribution in [0, 0.1) is 11.8 Å². The van der Waals surface area contributed by atoms with Crippen LogP contribution in [0.3, 0.4) is 0 Å². The number of aliphatic hydroxyl groups excluding tert-OH is 1. The van der Waals surface area contributed by atoms with Crippen LogP contribution in [0.15, 0.2) is 24.3 Å². The molecule has 1 fully saturated rings. The average Bonchev–Trinajstić information content (AvgIpc) is 3.34. The molecule has 4 nitrogen and oxygen atoms in total. The Bertz CT molecular complexity index is 488. The number of rotatable bonds is 8. The second-order valence-corrected chi connectivity index (χ2v) is 5.10. The highest BCUT2D eigenvalue weighted by Gasteiger charge is 2.28. The molecule has 1 aromatic carbocycles. The topological polar surface area (TPSA) is 41.9 Å². The molecule has 0 aliphatic heterocycles. The van der Waals surface area contributed by atoms with Crippen LogP contribution in [0.2, 0.25) is 0 Å². The maximum Gasteiger partial charge on any atom is 0.120 e. The molecule has 1 aromatic rings. The van der Waals surface area contributed by atoms with Gasteiger partial charge in [0.1, 0.15) is 19.0 Å². The van der Waals surface area contributed by atoms with E-state index in [1.165, 1.54) is 12.8 Å². The molecule has 1 saturated carbocycles. The van der Waals surface area contributed by atoms with Crippen LogP contribution in [-0.2, 0) is 4.74 Å². The predicted octanol–water partition coefficient (Wildman–Crippen LogP) is 1.52. The van der Waals surface area contributed by atoms with Gasteiger partial charge in [0.2, 0.25) is 0 Å². The molecule has 4 heteroatoms. The van der Waals surface area contributed by atoms with Gasteiger partial charge in [0.25, 0.3) is 0 Å². The zero-order valence-corrected chi connectivity index (χ0v) is 12.5. The van der Waals surface area contributed by atoms with Gasteiger partial charge in [-0.25, -0.2) is 0 Å². The van der Waals surface area contributed by atoms with Gasteiger partial charge < -0.3 is 14.6 Å². The molecule has 0 aromatic heterocycles. The number of aliphatic hydroxyl groups is 1. The lowest BCUT2D eigenvalue weighted by Gasteiger charge is -2.21. The number of ether oxygens (including phenoxy) is 2. The summed E-state index contributed by atoms with van der Waals surface area (Å²) in [5.41, 5.74) is 0.861. The van der Waals surface area contributed by atoms with E-state index in [2.05, 4.69) is 16.7 Å². The van der Waals surface area contributed by atoms with Gasteiger partial charge in [-0.3, -0.25) is 4.90 Å². The van der Waals surface area contributed by atoms with Crippen LogP contribution in [0.1, 0.15) is 18.4 Å². The summed E-state index contributed by atoms with van der Waals surface area (Å²) in [6.45, 7) is 3.19. The van der Waals surface area contributed by atoms with Gasteiger partial charge in [-0.15, -0.1) is 0 Å². The Kier molecular flexibility index (Phi) is 6.55. The number of hydrogen-bond acceptors (Lipinski definition) is 4. The molecule has 0 saturated heterocycles. The first kappa shape index (κ1) is 15.8. The van der Waals surface area contributed by atoms with E-state index in [-0.39, 0.29) is 6.61 Å². The second kappa shape index (κ2) is 8.68. The van der Waals surface area contributed by atoms with E-state index in [1.807, 2.05) is 24.3 Å². The van der Waals surface area contributed by atoms with E-state index >= 15 is 0 Å². The summed E-state index contributed by atoms with van der Waals surface area (Å²) < 4.78 is 11.0. The van der Waals surface area contributed by atoms with Gasteiger partial charge in [-0.2, -0.15) is 0 Å². The van der Waals surface area contributed by atoms with Crippen molar-refractivity contribution < 1.29 is 14.6 Å². The van der Waals surface area contributed by atoms with Crippen molar-refractivity contribution in [3.8, 4) is 17.6 Å². The van der Waals surface area contributed by atoms with Crippen molar-refractivity contribution in [2.24, 2.45) is 0 Å². The number of hydrogen-bond donors (Lipinski definition) is 1. The minimum atomic E-state index is -0.124. The van der Waals surface area contributed by atoms with Crippen molar-refractivity contribution in [1.29, 1.82) is 0 Å². The maximum atomic E-state index is 8.71. The van der Waals surface area contributed by atoms with Crippen LogP contribution in [0.25, 0.3) is 0 Å². The van der Waals surface area contributed by atoms with Crippen molar-refractivity contribution in [2.45, 2.75) is 18.9 Å². The molecule has 2 rings (SSSR count). The minimum Gasteiger partial charge on any atom is -0.492 e. The minimum absolute atomic E-state index is 0.124. The normalized spacial score (nSPS) is 13.9. The number of benzene rings is 1. The highest BCUT2D eigenvalue weighted by atomic mass is 16.5. The van der Waals surface area contributed by atoms with Gasteiger partial charge in [0, 0.05) is 31.8 Å². The van der Waals surface area contributed by atoms with Gasteiger partial charge in [0.05, 0.1) is 6.61 Å². The molecule has 1 aliphatic rings. The highest BCUT2D eigenvalue weighted by Crippen LogP contribution is 2.26. The average molecular weight is 289 g/mol. The van der Waals surface area contributed by atoms with Crippen LogP contribution >= 0.6 is 0 Å². The van der Waals surface area contributed by atoms with E-state index < -0.39 is 0 Å². The van der Waals surface area contributed by atoms with Crippen LogP contribution in [-0.4, -0.2) is 56.1 Å². The Labute approximate surface area is 126 Å². The summed E-state index contributed by atoms with van der Waals surface area (Å²) >= 11 is 0. The van der Waals surface area contributed by atoms with Crippen LogP contribution < -0.4 is 4.74 Å². The van der Waals surface area contributed by atoms with Gasteiger partial charge >= 0.3 is 0 Å². The first-order valence-electron chi connectivity index (χ1n) is 7.39. The van der Waals surface area contributed by atoms with Crippen molar-refractivity contribution in [3.05, 3.63) is 29.8 Å². The fourth-order valence-corrected chi connectivity index (χ4v) is 2.21. The summed E-state index contributed by atoms with van der Waals surface area (Å²) in [6, 6.07) is 8.37. The van der Waals surface area contributed by atoms with Crippen molar-refractivity contribution in [2.75, 3.05) is 40.0 Å². The zero-order chi connectivity index (χ0) is 14.9. The SMILES string of the molecule is COCCN(CCOc1cccc(C#CCO)c1)C1CC1. The van der Waals surface area contributed by atoms with E-state index in [1.54, 1.807) is 7.11 Å². The first-order chi connectivity index (χ1) is 10.3. The largest absolute Gasteiger partial charge is 0.492 e. The molecule has 1 N–H and O–H groups in total. The molecule has 21 heavy (non-hydrogen) atoms. The molecular weight excluding hydrogens is 266 g/mol. The maximum absolute atomic E-state index is 8.71.